The Bertz CT molecular complexity index is 720. The van der Waals surface area contributed by atoms with Gasteiger partial charge in [0.15, 0.2) is 6.10 Å². The molecule has 1 atom stereocenters. The quantitative estimate of drug-likeness (QED) is 0.550. The highest BCUT2D eigenvalue weighted by Crippen LogP contribution is 2.31. The summed E-state index contributed by atoms with van der Waals surface area (Å²) in [6, 6.07) is 11.7. The Morgan fingerprint density at radius 1 is 1.35 bits per heavy atom. The third kappa shape index (κ3) is 4.30. The number of carbonyl (C=O) groups excluding carboxylic acids is 1. The SMILES string of the molecule is COc1cc(Br)c(O)c(/C=N\NC(=O)[C@H](O)c2ccccc2)c1. The van der Waals surface area contributed by atoms with Crippen LogP contribution in [-0.2, 0) is 4.79 Å². The molecule has 0 aromatic heterocycles. The van der Waals surface area contributed by atoms with Crippen molar-refractivity contribution in [1.82, 2.24) is 5.43 Å². The van der Waals surface area contributed by atoms with E-state index < -0.39 is 12.0 Å². The lowest BCUT2D eigenvalue weighted by molar-refractivity contribution is -0.129. The second kappa shape index (κ2) is 7.75. The van der Waals surface area contributed by atoms with Crippen LogP contribution in [-0.4, -0.2) is 29.4 Å². The van der Waals surface area contributed by atoms with Crippen LogP contribution in [0.15, 0.2) is 52.0 Å². The molecule has 0 radical (unpaired) electrons. The standard InChI is InChI=1S/C16H15BrN2O4/c1-23-12-7-11(14(20)13(17)8-12)9-18-19-16(22)15(21)10-5-3-2-4-6-10/h2-9,15,20-21H,1H3,(H,19,22)/b18-9-/t15-/m1/s1. The number of halogens is 1. The number of ether oxygens (including phenoxy) is 1. The van der Waals surface area contributed by atoms with Crippen LogP contribution < -0.4 is 10.2 Å². The molecule has 0 bridgehead atoms. The van der Waals surface area contributed by atoms with E-state index in [-0.39, 0.29) is 5.75 Å². The van der Waals surface area contributed by atoms with Crippen LogP contribution in [0.5, 0.6) is 11.5 Å². The molecular formula is C16H15BrN2O4. The maximum Gasteiger partial charge on any atom is 0.273 e. The third-order valence-corrected chi connectivity index (χ3v) is 3.65. The molecule has 0 heterocycles. The van der Waals surface area contributed by atoms with Gasteiger partial charge in [0.2, 0.25) is 0 Å². The summed E-state index contributed by atoms with van der Waals surface area (Å²) in [5, 5.41) is 23.6. The van der Waals surface area contributed by atoms with Gasteiger partial charge in [-0.2, -0.15) is 5.10 Å². The van der Waals surface area contributed by atoms with Crippen molar-refractivity contribution >= 4 is 28.1 Å². The first kappa shape index (κ1) is 17.0. The summed E-state index contributed by atoms with van der Waals surface area (Å²) in [5.41, 5.74) is 3.04. The van der Waals surface area contributed by atoms with Crippen LogP contribution in [0.1, 0.15) is 17.2 Å². The first-order valence-electron chi connectivity index (χ1n) is 6.65. The van der Waals surface area contributed by atoms with E-state index in [0.29, 0.717) is 21.3 Å². The maximum atomic E-state index is 11.8. The maximum absolute atomic E-state index is 11.8. The molecule has 2 rings (SSSR count). The third-order valence-electron chi connectivity index (χ3n) is 3.04. The van der Waals surface area contributed by atoms with Crippen molar-refractivity contribution in [1.29, 1.82) is 0 Å². The largest absolute Gasteiger partial charge is 0.506 e. The number of hydrazone groups is 1. The Hall–Kier alpha value is -2.38. The summed E-state index contributed by atoms with van der Waals surface area (Å²) < 4.78 is 5.52. The number of phenolic OH excluding ortho intramolecular Hbond substituents is 1. The number of aliphatic hydroxyl groups is 1. The average Bonchev–Trinajstić information content (AvgIpc) is 2.58. The molecule has 2 aromatic rings. The lowest BCUT2D eigenvalue weighted by Crippen LogP contribution is -2.25. The van der Waals surface area contributed by atoms with Crippen LogP contribution in [0.3, 0.4) is 0 Å². The summed E-state index contributed by atoms with van der Waals surface area (Å²) in [7, 11) is 1.50. The van der Waals surface area contributed by atoms with Crippen LogP contribution in [0, 0.1) is 0 Å². The van der Waals surface area contributed by atoms with Crippen LogP contribution in [0.4, 0.5) is 0 Å². The van der Waals surface area contributed by atoms with Crippen molar-refractivity contribution in [3.63, 3.8) is 0 Å². The highest BCUT2D eigenvalue weighted by molar-refractivity contribution is 9.10. The molecule has 0 saturated carbocycles. The van der Waals surface area contributed by atoms with Crippen molar-refractivity contribution in [2.75, 3.05) is 7.11 Å². The zero-order chi connectivity index (χ0) is 16.8. The second-order valence-electron chi connectivity index (χ2n) is 4.59. The molecule has 0 aliphatic heterocycles. The van der Waals surface area contributed by atoms with Crippen LogP contribution in [0.25, 0.3) is 0 Å². The molecule has 3 N–H and O–H groups in total. The number of nitrogens with zero attached hydrogens (tertiary/aromatic N) is 1. The minimum absolute atomic E-state index is 0.0348. The lowest BCUT2D eigenvalue weighted by Gasteiger charge is -2.09. The van der Waals surface area contributed by atoms with Gasteiger partial charge in [-0.25, -0.2) is 5.43 Å². The molecule has 0 saturated heterocycles. The normalized spacial score (nSPS) is 12.1. The number of hydrogen-bond donors (Lipinski definition) is 3. The van der Waals surface area contributed by atoms with Gasteiger partial charge in [0.05, 0.1) is 17.8 Å². The highest BCUT2D eigenvalue weighted by atomic mass is 79.9. The average molecular weight is 379 g/mol. The zero-order valence-corrected chi connectivity index (χ0v) is 13.8. The Morgan fingerprint density at radius 2 is 2.04 bits per heavy atom. The fourth-order valence-electron chi connectivity index (χ4n) is 1.82. The van der Waals surface area contributed by atoms with Gasteiger partial charge in [0, 0.05) is 5.56 Å². The number of amides is 1. The minimum Gasteiger partial charge on any atom is -0.506 e. The smallest absolute Gasteiger partial charge is 0.273 e. The molecule has 1 amide bonds. The van der Waals surface area contributed by atoms with Crippen molar-refractivity contribution in [2.24, 2.45) is 5.10 Å². The fourth-order valence-corrected chi connectivity index (χ4v) is 2.28. The molecule has 0 aliphatic carbocycles. The first-order chi connectivity index (χ1) is 11.0. The Morgan fingerprint density at radius 3 is 2.70 bits per heavy atom. The van der Waals surface area contributed by atoms with E-state index in [0.717, 1.165) is 0 Å². The minimum atomic E-state index is -1.32. The number of nitrogens with one attached hydrogen (secondary N) is 1. The number of hydrogen-bond acceptors (Lipinski definition) is 5. The number of phenols is 1. The molecule has 0 aliphatic rings. The van der Waals surface area contributed by atoms with Gasteiger partial charge in [0.1, 0.15) is 11.5 Å². The van der Waals surface area contributed by atoms with Crippen molar-refractivity contribution in [3.8, 4) is 11.5 Å². The Kier molecular flexibility index (Phi) is 5.72. The van der Waals surface area contributed by atoms with Gasteiger partial charge in [0.25, 0.3) is 5.91 Å². The predicted octanol–water partition coefficient (Wildman–Crippen LogP) is 2.35. The van der Waals surface area contributed by atoms with E-state index in [1.165, 1.54) is 13.3 Å². The van der Waals surface area contributed by atoms with E-state index >= 15 is 0 Å². The van der Waals surface area contributed by atoms with Crippen molar-refractivity contribution in [2.45, 2.75) is 6.10 Å². The fraction of sp³-hybridized carbons (Fsp3) is 0.125. The lowest BCUT2D eigenvalue weighted by atomic mass is 10.1. The molecular weight excluding hydrogens is 364 g/mol. The number of carbonyl (C=O) groups is 1. The molecule has 0 spiro atoms. The Balaban J connectivity index is 2.07. The second-order valence-corrected chi connectivity index (χ2v) is 5.45. The van der Waals surface area contributed by atoms with Gasteiger partial charge in [-0.15, -0.1) is 0 Å². The highest BCUT2D eigenvalue weighted by Gasteiger charge is 2.16. The van der Waals surface area contributed by atoms with Crippen molar-refractivity contribution in [3.05, 3.63) is 58.1 Å². The van der Waals surface area contributed by atoms with E-state index in [1.807, 2.05) is 0 Å². The predicted molar refractivity (Wildman–Crippen MR) is 89.5 cm³/mol. The van der Waals surface area contributed by atoms with E-state index in [9.17, 15) is 15.0 Å². The monoisotopic (exact) mass is 378 g/mol. The van der Waals surface area contributed by atoms with Crippen LogP contribution in [0.2, 0.25) is 0 Å². The number of rotatable bonds is 5. The van der Waals surface area contributed by atoms with Gasteiger partial charge in [-0.3, -0.25) is 4.79 Å². The summed E-state index contributed by atoms with van der Waals surface area (Å²) >= 11 is 3.19. The molecule has 6 nitrogen and oxygen atoms in total. The summed E-state index contributed by atoms with van der Waals surface area (Å²) in [6.45, 7) is 0. The van der Waals surface area contributed by atoms with E-state index in [2.05, 4.69) is 26.5 Å². The molecule has 0 fully saturated rings. The topological polar surface area (TPSA) is 91.2 Å². The number of methoxy groups -OCH3 is 1. The van der Waals surface area contributed by atoms with Crippen molar-refractivity contribution < 1.29 is 19.7 Å². The zero-order valence-electron chi connectivity index (χ0n) is 12.2. The molecule has 7 heteroatoms. The number of benzene rings is 2. The van der Waals surface area contributed by atoms with Gasteiger partial charge in [-0.1, -0.05) is 30.3 Å². The van der Waals surface area contributed by atoms with E-state index in [1.54, 1.807) is 42.5 Å². The van der Waals surface area contributed by atoms with Crippen LogP contribution >= 0.6 is 15.9 Å². The molecule has 2 aromatic carbocycles. The summed E-state index contributed by atoms with van der Waals surface area (Å²) in [6.07, 6.45) is -0.0582. The molecule has 23 heavy (non-hydrogen) atoms. The number of aromatic hydroxyl groups is 1. The molecule has 120 valence electrons. The summed E-state index contributed by atoms with van der Waals surface area (Å²) in [5.74, 6) is -0.187. The summed E-state index contributed by atoms with van der Waals surface area (Å²) in [4.78, 5) is 11.8. The molecule has 0 unspecified atom stereocenters. The van der Waals surface area contributed by atoms with Gasteiger partial charge >= 0.3 is 0 Å². The first-order valence-corrected chi connectivity index (χ1v) is 7.44. The number of aliphatic hydroxyl groups excluding tert-OH is 1. The Labute approximate surface area is 141 Å². The van der Waals surface area contributed by atoms with Gasteiger partial charge < -0.3 is 14.9 Å². The van der Waals surface area contributed by atoms with Gasteiger partial charge in [-0.05, 0) is 33.6 Å². The van der Waals surface area contributed by atoms with E-state index in [4.69, 9.17) is 4.74 Å².